The molecule has 1 aromatic heterocycles. The number of H-pyrrole nitrogens is 1. The summed E-state index contributed by atoms with van der Waals surface area (Å²) in [6.45, 7) is 0.549. The summed E-state index contributed by atoms with van der Waals surface area (Å²) in [5.74, 6) is -0.200. The van der Waals surface area contributed by atoms with Gasteiger partial charge in [0.05, 0.1) is 18.7 Å². The monoisotopic (exact) mass is 331 g/mol. The van der Waals surface area contributed by atoms with Gasteiger partial charge in [0.1, 0.15) is 17.3 Å². The summed E-state index contributed by atoms with van der Waals surface area (Å²) in [7, 11) is 1.50. The van der Waals surface area contributed by atoms with E-state index >= 15 is 0 Å². The van der Waals surface area contributed by atoms with Crippen LogP contribution in [0, 0.1) is 5.82 Å². The van der Waals surface area contributed by atoms with Crippen molar-refractivity contribution in [2.24, 2.45) is 0 Å². The van der Waals surface area contributed by atoms with E-state index in [-0.39, 0.29) is 29.1 Å². The van der Waals surface area contributed by atoms with Gasteiger partial charge in [-0.15, -0.1) is 0 Å². The molecule has 1 atom stereocenters. The lowest BCUT2D eigenvalue weighted by Gasteiger charge is -2.15. The minimum atomic E-state index is -0.444. The second-order valence-corrected chi connectivity index (χ2v) is 6.37. The molecular formula is C17H18FN3O3. The van der Waals surface area contributed by atoms with E-state index < -0.39 is 5.82 Å². The van der Waals surface area contributed by atoms with E-state index in [4.69, 9.17) is 4.74 Å². The fourth-order valence-electron chi connectivity index (χ4n) is 3.29. The van der Waals surface area contributed by atoms with Crippen molar-refractivity contribution in [2.45, 2.75) is 31.3 Å². The smallest absolute Gasteiger partial charge is 0.268 e. The van der Waals surface area contributed by atoms with Crippen molar-refractivity contribution in [3.05, 3.63) is 29.7 Å². The second kappa shape index (κ2) is 5.51. The molecule has 24 heavy (non-hydrogen) atoms. The van der Waals surface area contributed by atoms with Gasteiger partial charge in [0.25, 0.3) is 5.91 Å². The highest BCUT2D eigenvalue weighted by atomic mass is 19.1. The number of aromatic amines is 1. The van der Waals surface area contributed by atoms with Crippen LogP contribution in [-0.4, -0.2) is 47.4 Å². The van der Waals surface area contributed by atoms with Crippen molar-refractivity contribution >= 4 is 22.7 Å². The Morgan fingerprint density at radius 2 is 2.21 bits per heavy atom. The van der Waals surface area contributed by atoms with E-state index in [1.54, 1.807) is 6.07 Å². The number of benzene rings is 1. The van der Waals surface area contributed by atoms with Gasteiger partial charge in [-0.3, -0.25) is 9.59 Å². The van der Waals surface area contributed by atoms with Crippen LogP contribution >= 0.6 is 0 Å². The summed E-state index contributed by atoms with van der Waals surface area (Å²) in [6.07, 6.45) is 2.42. The minimum absolute atomic E-state index is 0.0900. The zero-order valence-corrected chi connectivity index (χ0v) is 13.3. The largest absolute Gasteiger partial charge is 0.496 e. The Labute approximate surface area is 138 Å². The van der Waals surface area contributed by atoms with Gasteiger partial charge >= 0.3 is 0 Å². The summed E-state index contributed by atoms with van der Waals surface area (Å²) in [4.78, 5) is 29.0. The molecule has 1 unspecified atom stereocenters. The van der Waals surface area contributed by atoms with Gasteiger partial charge in [-0.1, -0.05) is 0 Å². The van der Waals surface area contributed by atoms with Crippen LogP contribution in [0.15, 0.2) is 18.2 Å². The molecule has 4 rings (SSSR count). The Hall–Kier alpha value is -2.57. The maximum Gasteiger partial charge on any atom is 0.268 e. The Morgan fingerprint density at radius 1 is 1.42 bits per heavy atom. The number of hydrogen-bond donors (Lipinski definition) is 2. The number of nitrogens with one attached hydrogen (secondary N) is 2. The number of methoxy groups -OCH3 is 1. The Bertz CT molecular complexity index is 828. The Kier molecular flexibility index (Phi) is 3.44. The van der Waals surface area contributed by atoms with E-state index in [1.807, 2.05) is 4.90 Å². The highest BCUT2D eigenvalue weighted by molar-refractivity contribution is 6.00. The van der Waals surface area contributed by atoms with Crippen LogP contribution < -0.4 is 10.1 Å². The summed E-state index contributed by atoms with van der Waals surface area (Å²) >= 11 is 0. The van der Waals surface area contributed by atoms with Crippen LogP contribution in [0.25, 0.3) is 10.9 Å². The Morgan fingerprint density at radius 3 is 2.92 bits per heavy atom. The van der Waals surface area contributed by atoms with Crippen LogP contribution in [-0.2, 0) is 4.79 Å². The number of likely N-dealkylation sites (tertiary alicyclic amines) is 1. The maximum atomic E-state index is 13.9. The summed E-state index contributed by atoms with van der Waals surface area (Å²) < 4.78 is 19.1. The summed E-state index contributed by atoms with van der Waals surface area (Å²) in [5, 5.41) is 3.38. The minimum Gasteiger partial charge on any atom is -0.496 e. The van der Waals surface area contributed by atoms with Crippen LogP contribution in [0.4, 0.5) is 4.39 Å². The first-order valence-electron chi connectivity index (χ1n) is 8.02. The van der Waals surface area contributed by atoms with Crippen LogP contribution in [0.1, 0.15) is 29.8 Å². The zero-order chi connectivity index (χ0) is 16.8. The van der Waals surface area contributed by atoms with Gasteiger partial charge < -0.3 is 19.9 Å². The number of aromatic nitrogens is 1. The van der Waals surface area contributed by atoms with Gasteiger partial charge in [0.2, 0.25) is 5.91 Å². The molecule has 0 spiro atoms. The van der Waals surface area contributed by atoms with Crippen LogP contribution in [0.5, 0.6) is 5.75 Å². The fourth-order valence-corrected chi connectivity index (χ4v) is 3.29. The molecule has 2 fully saturated rings. The van der Waals surface area contributed by atoms with Gasteiger partial charge in [-0.05, 0) is 31.0 Å². The normalized spacial score (nSPS) is 20.7. The molecule has 2 amide bonds. The number of carbonyl (C=O) groups is 2. The van der Waals surface area contributed by atoms with E-state index in [2.05, 4.69) is 10.3 Å². The van der Waals surface area contributed by atoms with Crippen LogP contribution in [0.3, 0.4) is 0 Å². The average Bonchev–Trinajstić information content (AvgIpc) is 3.18. The first-order valence-corrected chi connectivity index (χ1v) is 8.02. The van der Waals surface area contributed by atoms with E-state index in [0.29, 0.717) is 30.1 Å². The molecule has 1 aromatic carbocycles. The number of hydrogen-bond acceptors (Lipinski definition) is 3. The molecule has 7 heteroatoms. The van der Waals surface area contributed by atoms with Gasteiger partial charge in [0.15, 0.2) is 0 Å². The van der Waals surface area contributed by atoms with Gasteiger partial charge in [-0.25, -0.2) is 4.39 Å². The molecular weight excluding hydrogens is 313 g/mol. The molecule has 2 aromatic rings. The number of ether oxygens (including phenoxy) is 1. The Balaban J connectivity index is 1.53. The lowest BCUT2D eigenvalue weighted by molar-refractivity contribution is -0.128. The standard InChI is InChI=1S/C17H18FN3O3/c1-24-14-5-4-12(18)16-11(14)7-13(20-16)17(23)19-9-6-15(22)21(8-9)10-2-3-10/h4-5,7,9-10,20H,2-3,6,8H2,1H3,(H,19,23). The second-order valence-electron chi connectivity index (χ2n) is 6.37. The number of halogens is 1. The molecule has 126 valence electrons. The molecule has 0 radical (unpaired) electrons. The number of rotatable bonds is 4. The quantitative estimate of drug-likeness (QED) is 0.897. The first-order chi connectivity index (χ1) is 11.6. The summed E-state index contributed by atoms with van der Waals surface area (Å²) in [5.41, 5.74) is 0.493. The first kappa shape index (κ1) is 15.0. The van der Waals surface area contributed by atoms with Crippen molar-refractivity contribution in [1.29, 1.82) is 0 Å². The third-order valence-electron chi connectivity index (χ3n) is 4.65. The maximum absolute atomic E-state index is 13.9. The van der Waals surface area contributed by atoms with E-state index in [1.165, 1.54) is 19.2 Å². The lowest BCUT2D eigenvalue weighted by Crippen LogP contribution is -2.37. The number of carbonyl (C=O) groups excluding carboxylic acids is 2. The van der Waals surface area contributed by atoms with Crippen LogP contribution in [0.2, 0.25) is 0 Å². The zero-order valence-electron chi connectivity index (χ0n) is 13.3. The molecule has 2 aliphatic rings. The average molecular weight is 331 g/mol. The SMILES string of the molecule is COc1ccc(F)c2[nH]c(C(=O)NC3CC(=O)N(C4CC4)C3)cc12. The molecule has 0 bridgehead atoms. The van der Waals surface area contributed by atoms with Crippen molar-refractivity contribution in [1.82, 2.24) is 15.2 Å². The molecule has 2 heterocycles. The third-order valence-corrected chi connectivity index (χ3v) is 4.65. The number of fused-ring (bicyclic) bond motifs is 1. The van der Waals surface area contributed by atoms with E-state index in [0.717, 1.165) is 12.8 Å². The lowest BCUT2D eigenvalue weighted by atomic mass is 10.2. The van der Waals surface area contributed by atoms with Gasteiger partial charge in [0, 0.05) is 24.4 Å². The fraction of sp³-hybridized carbons (Fsp3) is 0.412. The molecule has 1 saturated heterocycles. The van der Waals surface area contributed by atoms with E-state index in [9.17, 15) is 14.0 Å². The molecule has 6 nitrogen and oxygen atoms in total. The van der Waals surface area contributed by atoms with Crippen molar-refractivity contribution in [3.8, 4) is 5.75 Å². The number of amides is 2. The third kappa shape index (κ3) is 2.50. The van der Waals surface area contributed by atoms with Crippen molar-refractivity contribution in [2.75, 3.05) is 13.7 Å². The molecule has 1 aliphatic heterocycles. The molecule has 1 saturated carbocycles. The highest BCUT2D eigenvalue weighted by Gasteiger charge is 2.39. The molecule has 2 N–H and O–H groups in total. The summed E-state index contributed by atoms with van der Waals surface area (Å²) in [6, 6.07) is 4.54. The van der Waals surface area contributed by atoms with Gasteiger partial charge in [-0.2, -0.15) is 0 Å². The topological polar surface area (TPSA) is 74.4 Å². The molecule has 1 aliphatic carbocycles. The number of nitrogens with zero attached hydrogens (tertiary/aromatic N) is 1. The predicted molar refractivity (Wildman–Crippen MR) is 85.4 cm³/mol. The highest BCUT2D eigenvalue weighted by Crippen LogP contribution is 2.31. The van der Waals surface area contributed by atoms with Crippen molar-refractivity contribution < 1.29 is 18.7 Å². The predicted octanol–water partition coefficient (Wildman–Crippen LogP) is 1.81. The van der Waals surface area contributed by atoms with Crippen molar-refractivity contribution in [3.63, 3.8) is 0 Å².